The lowest BCUT2D eigenvalue weighted by Crippen LogP contribution is -2.27. The lowest BCUT2D eigenvalue weighted by atomic mass is 9.79. The normalized spacial score (nSPS) is 20.8. The summed E-state index contributed by atoms with van der Waals surface area (Å²) in [6, 6.07) is 30.0. The van der Waals surface area contributed by atoms with E-state index in [2.05, 4.69) is 104 Å². The van der Waals surface area contributed by atoms with Gasteiger partial charge in [-0.1, -0.05) is 86.6 Å². The minimum absolute atomic E-state index is 0.0563. The van der Waals surface area contributed by atoms with Crippen LogP contribution in [0.3, 0.4) is 0 Å². The van der Waals surface area contributed by atoms with Gasteiger partial charge in [0.2, 0.25) is 0 Å². The Morgan fingerprint density at radius 3 is 2.00 bits per heavy atom. The van der Waals surface area contributed by atoms with Crippen molar-refractivity contribution in [3.05, 3.63) is 102 Å². The predicted octanol–water partition coefficient (Wildman–Crippen LogP) is 6.05. The Hall–Kier alpha value is -2.62. The Kier molecular flexibility index (Phi) is 7.39. The maximum absolute atomic E-state index is 6.38. The molecule has 0 spiro atoms. The fraction of sp³-hybridized carbons (Fsp3) is 0.357. The maximum atomic E-state index is 6.38. The quantitative estimate of drug-likeness (QED) is 0.425. The second-order valence-corrected chi connectivity index (χ2v) is 8.15. The molecule has 3 nitrogen and oxygen atoms in total. The highest BCUT2D eigenvalue weighted by Gasteiger charge is 2.39. The maximum Gasteiger partial charge on any atom is 0.119 e. The van der Waals surface area contributed by atoms with Crippen molar-refractivity contribution >= 4 is 0 Å². The number of hydrogen-bond donors (Lipinski definition) is 0. The van der Waals surface area contributed by atoms with Gasteiger partial charge in [-0.25, -0.2) is 0 Å². The first-order valence-electron chi connectivity index (χ1n) is 11.5. The molecule has 0 radical (unpaired) electrons. The minimum atomic E-state index is 0.0563. The van der Waals surface area contributed by atoms with E-state index in [1.807, 2.05) is 0 Å². The molecular weight excluding hydrogens is 382 g/mol. The number of hydrogen-bond acceptors (Lipinski definition) is 3. The van der Waals surface area contributed by atoms with Gasteiger partial charge in [-0.15, -0.1) is 0 Å². The molecule has 162 valence electrons. The fourth-order valence-corrected chi connectivity index (χ4v) is 4.60. The molecule has 3 unspecified atom stereocenters. The van der Waals surface area contributed by atoms with Gasteiger partial charge in [0, 0.05) is 18.4 Å². The van der Waals surface area contributed by atoms with Gasteiger partial charge in [0.1, 0.15) is 12.4 Å². The Morgan fingerprint density at radius 2 is 1.39 bits per heavy atom. The van der Waals surface area contributed by atoms with Gasteiger partial charge in [-0.3, -0.25) is 0 Å². The number of ether oxygens (including phenoxy) is 2. The zero-order valence-electron chi connectivity index (χ0n) is 18.6. The molecule has 0 amide bonds. The summed E-state index contributed by atoms with van der Waals surface area (Å²) in [7, 11) is 0. The molecule has 1 saturated heterocycles. The molecule has 3 heteroatoms. The standard InChI is InChI=1S/C28H33NO2/c1-3-29(4-2)19-20-30-25-17-15-23(16-18-25)27-26(22-11-7-5-8-12-22)21-31-28(27)24-13-9-6-10-14-24/h5-18,26-28H,3-4,19-21H2,1-2H3. The van der Waals surface area contributed by atoms with Crippen LogP contribution in [0.25, 0.3) is 0 Å². The van der Waals surface area contributed by atoms with E-state index in [9.17, 15) is 0 Å². The third-order valence-corrected chi connectivity index (χ3v) is 6.41. The topological polar surface area (TPSA) is 21.7 Å². The van der Waals surface area contributed by atoms with E-state index in [4.69, 9.17) is 9.47 Å². The highest BCUT2D eigenvalue weighted by molar-refractivity contribution is 5.37. The summed E-state index contributed by atoms with van der Waals surface area (Å²) >= 11 is 0. The molecule has 0 N–H and O–H groups in total. The van der Waals surface area contributed by atoms with Crippen molar-refractivity contribution in [2.45, 2.75) is 31.8 Å². The Morgan fingerprint density at radius 1 is 0.774 bits per heavy atom. The van der Waals surface area contributed by atoms with E-state index in [1.54, 1.807) is 0 Å². The molecule has 3 atom stereocenters. The molecule has 1 heterocycles. The van der Waals surface area contributed by atoms with Crippen molar-refractivity contribution in [2.24, 2.45) is 0 Å². The molecule has 4 rings (SSSR count). The molecular formula is C28H33NO2. The SMILES string of the molecule is CCN(CC)CCOc1ccc(C2C(c3ccccc3)COC2c2ccccc2)cc1. The van der Waals surface area contributed by atoms with E-state index in [1.165, 1.54) is 16.7 Å². The van der Waals surface area contributed by atoms with Crippen LogP contribution in [-0.2, 0) is 4.74 Å². The van der Waals surface area contributed by atoms with Crippen molar-refractivity contribution in [1.82, 2.24) is 4.90 Å². The van der Waals surface area contributed by atoms with Gasteiger partial charge in [0.15, 0.2) is 0 Å². The summed E-state index contributed by atoms with van der Waals surface area (Å²) in [5, 5.41) is 0. The summed E-state index contributed by atoms with van der Waals surface area (Å²) in [5.41, 5.74) is 3.88. The number of benzene rings is 3. The zero-order valence-corrected chi connectivity index (χ0v) is 18.6. The molecule has 0 bridgehead atoms. The summed E-state index contributed by atoms with van der Waals surface area (Å²) in [6.07, 6.45) is 0.0563. The van der Waals surface area contributed by atoms with E-state index >= 15 is 0 Å². The first-order valence-corrected chi connectivity index (χ1v) is 11.5. The van der Waals surface area contributed by atoms with Crippen LogP contribution in [-0.4, -0.2) is 37.7 Å². The largest absolute Gasteiger partial charge is 0.492 e. The predicted molar refractivity (Wildman–Crippen MR) is 127 cm³/mol. The van der Waals surface area contributed by atoms with Crippen LogP contribution in [0.4, 0.5) is 0 Å². The van der Waals surface area contributed by atoms with Crippen LogP contribution < -0.4 is 4.74 Å². The second-order valence-electron chi connectivity index (χ2n) is 8.15. The van der Waals surface area contributed by atoms with Crippen molar-refractivity contribution in [3.63, 3.8) is 0 Å². The summed E-state index contributed by atoms with van der Waals surface area (Å²) in [5.74, 6) is 1.54. The molecule has 1 fully saturated rings. The second kappa shape index (κ2) is 10.6. The van der Waals surface area contributed by atoms with E-state index in [0.717, 1.165) is 32.0 Å². The lowest BCUT2D eigenvalue weighted by Gasteiger charge is -2.24. The fourth-order valence-electron chi connectivity index (χ4n) is 4.60. The lowest BCUT2D eigenvalue weighted by molar-refractivity contribution is 0.103. The highest BCUT2D eigenvalue weighted by Crippen LogP contribution is 2.49. The average molecular weight is 416 g/mol. The zero-order chi connectivity index (χ0) is 21.5. The van der Waals surface area contributed by atoms with Gasteiger partial charge >= 0.3 is 0 Å². The molecule has 1 aliphatic rings. The monoisotopic (exact) mass is 415 g/mol. The van der Waals surface area contributed by atoms with Crippen LogP contribution in [0, 0.1) is 0 Å². The van der Waals surface area contributed by atoms with Gasteiger partial charge in [-0.05, 0) is 41.9 Å². The summed E-state index contributed by atoms with van der Waals surface area (Å²) < 4.78 is 12.4. The van der Waals surface area contributed by atoms with Crippen LogP contribution in [0.15, 0.2) is 84.9 Å². The van der Waals surface area contributed by atoms with Crippen molar-refractivity contribution in [2.75, 3.05) is 32.8 Å². The molecule has 1 aliphatic heterocycles. The van der Waals surface area contributed by atoms with Crippen molar-refractivity contribution in [3.8, 4) is 5.75 Å². The average Bonchev–Trinajstić information content (AvgIpc) is 3.29. The van der Waals surface area contributed by atoms with Crippen molar-refractivity contribution < 1.29 is 9.47 Å². The van der Waals surface area contributed by atoms with E-state index in [0.29, 0.717) is 12.5 Å². The summed E-state index contributed by atoms with van der Waals surface area (Å²) in [6.45, 7) is 8.90. The third kappa shape index (κ3) is 5.17. The number of rotatable bonds is 9. The van der Waals surface area contributed by atoms with Gasteiger partial charge in [0.05, 0.1) is 12.7 Å². The van der Waals surface area contributed by atoms with E-state index < -0.39 is 0 Å². The first kappa shape index (κ1) is 21.6. The molecule has 0 aliphatic carbocycles. The third-order valence-electron chi connectivity index (χ3n) is 6.41. The van der Waals surface area contributed by atoms with Crippen LogP contribution in [0.5, 0.6) is 5.75 Å². The van der Waals surface area contributed by atoms with Crippen LogP contribution in [0.1, 0.15) is 48.5 Å². The van der Waals surface area contributed by atoms with Crippen LogP contribution in [0.2, 0.25) is 0 Å². The highest BCUT2D eigenvalue weighted by atomic mass is 16.5. The molecule has 0 saturated carbocycles. The number of nitrogens with zero attached hydrogens (tertiary/aromatic N) is 1. The smallest absolute Gasteiger partial charge is 0.119 e. The van der Waals surface area contributed by atoms with Gasteiger partial charge in [-0.2, -0.15) is 0 Å². The van der Waals surface area contributed by atoms with E-state index in [-0.39, 0.29) is 12.0 Å². The molecule has 3 aromatic rings. The summed E-state index contributed by atoms with van der Waals surface area (Å²) in [4.78, 5) is 2.37. The molecule has 31 heavy (non-hydrogen) atoms. The molecule has 3 aromatic carbocycles. The Balaban J connectivity index is 1.54. The number of likely N-dealkylation sites (N-methyl/N-ethyl adjacent to an activating group) is 1. The minimum Gasteiger partial charge on any atom is -0.492 e. The molecule has 0 aromatic heterocycles. The van der Waals surface area contributed by atoms with Crippen LogP contribution >= 0.6 is 0 Å². The Labute approximate surface area is 186 Å². The first-order chi connectivity index (χ1) is 15.3. The Bertz CT molecular complexity index is 859. The van der Waals surface area contributed by atoms with Crippen molar-refractivity contribution in [1.29, 1.82) is 0 Å². The van der Waals surface area contributed by atoms with Gasteiger partial charge < -0.3 is 14.4 Å². The van der Waals surface area contributed by atoms with Gasteiger partial charge in [0.25, 0.3) is 0 Å².